The fourth-order valence-corrected chi connectivity index (χ4v) is 2.44. The molecule has 0 fully saturated rings. The summed E-state index contributed by atoms with van der Waals surface area (Å²) in [6, 6.07) is 9.04. The van der Waals surface area contributed by atoms with Gasteiger partial charge in [0.15, 0.2) is 0 Å². The number of carbonyl (C=O) groups is 2. The van der Waals surface area contributed by atoms with Crippen molar-refractivity contribution < 1.29 is 9.59 Å². The van der Waals surface area contributed by atoms with E-state index in [1.807, 2.05) is 17.5 Å². The molecule has 2 aromatic rings. The first-order chi connectivity index (χ1) is 10.1. The van der Waals surface area contributed by atoms with E-state index in [0.717, 1.165) is 5.56 Å². The summed E-state index contributed by atoms with van der Waals surface area (Å²) in [7, 11) is 0. The second-order valence-electron chi connectivity index (χ2n) is 4.42. The average Bonchev–Trinajstić information content (AvgIpc) is 3.01. The van der Waals surface area contributed by atoms with Crippen LogP contribution in [0.2, 0.25) is 5.02 Å². The van der Waals surface area contributed by atoms with E-state index in [0.29, 0.717) is 23.7 Å². The van der Waals surface area contributed by atoms with Crippen LogP contribution >= 0.6 is 22.9 Å². The van der Waals surface area contributed by atoms with Gasteiger partial charge in [0, 0.05) is 35.5 Å². The highest BCUT2D eigenvalue weighted by Crippen LogP contribution is 2.09. The summed E-state index contributed by atoms with van der Waals surface area (Å²) in [5.41, 5.74) is 1.61. The molecule has 0 aliphatic rings. The van der Waals surface area contributed by atoms with Gasteiger partial charge >= 0.3 is 0 Å². The summed E-state index contributed by atoms with van der Waals surface area (Å²) in [5, 5.41) is 9.79. The smallest absolute Gasteiger partial charge is 0.252 e. The van der Waals surface area contributed by atoms with Gasteiger partial charge in [0.25, 0.3) is 5.91 Å². The van der Waals surface area contributed by atoms with E-state index >= 15 is 0 Å². The molecule has 21 heavy (non-hydrogen) atoms. The first-order valence-electron chi connectivity index (χ1n) is 6.46. The van der Waals surface area contributed by atoms with Gasteiger partial charge in [0.1, 0.15) is 0 Å². The number of hydrogen-bond acceptors (Lipinski definition) is 3. The largest absolute Gasteiger partial charge is 0.352 e. The molecule has 0 aliphatic carbocycles. The van der Waals surface area contributed by atoms with Crippen LogP contribution < -0.4 is 10.6 Å². The van der Waals surface area contributed by atoms with Crippen molar-refractivity contribution in [3.05, 3.63) is 57.2 Å². The van der Waals surface area contributed by atoms with E-state index in [9.17, 15) is 9.59 Å². The summed E-state index contributed by atoms with van der Waals surface area (Å²) >= 11 is 7.25. The van der Waals surface area contributed by atoms with Crippen LogP contribution in [0.5, 0.6) is 0 Å². The highest BCUT2D eigenvalue weighted by Gasteiger charge is 2.06. The van der Waals surface area contributed by atoms with Gasteiger partial charge in [0.2, 0.25) is 5.91 Å². The van der Waals surface area contributed by atoms with Gasteiger partial charge in [-0.15, -0.1) is 0 Å². The Bertz CT molecular complexity index is 597. The maximum Gasteiger partial charge on any atom is 0.252 e. The monoisotopic (exact) mass is 322 g/mol. The lowest BCUT2D eigenvalue weighted by molar-refractivity contribution is -0.121. The van der Waals surface area contributed by atoms with Crippen molar-refractivity contribution in [2.75, 3.05) is 6.54 Å². The molecule has 0 atom stereocenters. The van der Waals surface area contributed by atoms with Gasteiger partial charge < -0.3 is 10.6 Å². The van der Waals surface area contributed by atoms with Crippen LogP contribution in [-0.2, 0) is 11.3 Å². The van der Waals surface area contributed by atoms with E-state index < -0.39 is 0 Å². The normalized spacial score (nSPS) is 10.1. The SMILES string of the molecule is O=C(CCNC(=O)c1ccsc1)NCc1ccc(Cl)cc1. The van der Waals surface area contributed by atoms with Crippen LogP contribution in [0.25, 0.3) is 0 Å². The molecule has 0 saturated heterocycles. The van der Waals surface area contributed by atoms with E-state index in [-0.39, 0.29) is 18.2 Å². The number of carbonyl (C=O) groups excluding carboxylic acids is 2. The van der Waals surface area contributed by atoms with Gasteiger partial charge in [-0.2, -0.15) is 11.3 Å². The van der Waals surface area contributed by atoms with Crippen LogP contribution in [0.1, 0.15) is 22.3 Å². The Balaban J connectivity index is 1.66. The quantitative estimate of drug-likeness (QED) is 0.859. The molecular weight excluding hydrogens is 308 g/mol. The minimum atomic E-state index is -0.151. The summed E-state index contributed by atoms with van der Waals surface area (Å²) < 4.78 is 0. The molecule has 1 heterocycles. The summed E-state index contributed by atoms with van der Waals surface area (Å²) in [6.07, 6.45) is 0.253. The topological polar surface area (TPSA) is 58.2 Å². The predicted molar refractivity (Wildman–Crippen MR) is 84.6 cm³/mol. The molecule has 0 spiro atoms. The lowest BCUT2D eigenvalue weighted by Crippen LogP contribution is -2.30. The second-order valence-corrected chi connectivity index (χ2v) is 5.64. The Morgan fingerprint density at radius 3 is 2.52 bits per heavy atom. The molecule has 6 heteroatoms. The van der Waals surface area contributed by atoms with Gasteiger partial charge in [-0.25, -0.2) is 0 Å². The van der Waals surface area contributed by atoms with Crippen molar-refractivity contribution in [2.45, 2.75) is 13.0 Å². The van der Waals surface area contributed by atoms with Crippen molar-refractivity contribution >= 4 is 34.8 Å². The summed E-state index contributed by atoms with van der Waals surface area (Å²) in [4.78, 5) is 23.3. The molecule has 2 N–H and O–H groups in total. The minimum Gasteiger partial charge on any atom is -0.352 e. The lowest BCUT2D eigenvalue weighted by Gasteiger charge is -2.06. The highest BCUT2D eigenvalue weighted by molar-refractivity contribution is 7.08. The molecule has 0 radical (unpaired) electrons. The molecule has 0 unspecified atom stereocenters. The van der Waals surface area contributed by atoms with Crippen LogP contribution in [0.15, 0.2) is 41.1 Å². The zero-order valence-electron chi connectivity index (χ0n) is 11.3. The van der Waals surface area contributed by atoms with Gasteiger partial charge in [-0.05, 0) is 29.1 Å². The lowest BCUT2D eigenvalue weighted by atomic mass is 10.2. The Kier molecular flexibility index (Phi) is 5.78. The molecule has 1 aromatic heterocycles. The van der Waals surface area contributed by atoms with E-state index in [1.165, 1.54) is 11.3 Å². The zero-order valence-corrected chi connectivity index (χ0v) is 12.8. The molecule has 0 saturated carbocycles. The number of benzene rings is 1. The van der Waals surface area contributed by atoms with Crippen molar-refractivity contribution in [1.29, 1.82) is 0 Å². The predicted octanol–water partition coefficient (Wildman–Crippen LogP) is 2.84. The third-order valence-electron chi connectivity index (χ3n) is 2.82. The summed E-state index contributed by atoms with van der Waals surface area (Å²) in [5.74, 6) is -0.252. The van der Waals surface area contributed by atoms with Crippen molar-refractivity contribution in [3.8, 4) is 0 Å². The Labute approximate surface area is 132 Å². The molecule has 2 amide bonds. The third-order valence-corrected chi connectivity index (χ3v) is 3.76. The fourth-order valence-electron chi connectivity index (χ4n) is 1.68. The van der Waals surface area contributed by atoms with Crippen molar-refractivity contribution in [1.82, 2.24) is 10.6 Å². The third kappa shape index (κ3) is 5.21. The Morgan fingerprint density at radius 2 is 1.86 bits per heavy atom. The number of thiophene rings is 1. The van der Waals surface area contributed by atoms with E-state index in [4.69, 9.17) is 11.6 Å². The number of nitrogens with one attached hydrogen (secondary N) is 2. The van der Waals surface area contributed by atoms with E-state index in [2.05, 4.69) is 10.6 Å². The minimum absolute atomic E-state index is 0.101. The van der Waals surface area contributed by atoms with Crippen LogP contribution in [0, 0.1) is 0 Å². The maximum absolute atomic E-state index is 11.7. The molecule has 4 nitrogen and oxygen atoms in total. The van der Waals surface area contributed by atoms with E-state index in [1.54, 1.807) is 23.6 Å². The number of amides is 2. The highest BCUT2D eigenvalue weighted by atomic mass is 35.5. The maximum atomic E-state index is 11.7. The van der Waals surface area contributed by atoms with Crippen LogP contribution in [0.4, 0.5) is 0 Å². The van der Waals surface area contributed by atoms with Gasteiger partial charge in [0.05, 0.1) is 0 Å². The number of rotatable bonds is 6. The Morgan fingerprint density at radius 1 is 1.10 bits per heavy atom. The molecule has 1 aromatic carbocycles. The number of halogens is 1. The molecule has 110 valence electrons. The Hall–Kier alpha value is -1.85. The number of hydrogen-bond donors (Lipinski definition) is 2. The van der Waals surface area contributed by atoms with Crippen LogP contribution in [-0.4, -0.2) is 18.4 Å². The zero-order chi connectivity index (χ0) is 15.1. The van der Waals surface area contributed by atoms with Crippen molar-refractivity contribution in [2.24, 2.45) is 0 Å². The van der Waals surface area contributed by atoms with Gasteiger partial charge in [-0.3, -0.25) is 9.59 Å². The molecule has 0 bridgehead atoms. The fraction of sp³-hybridized carbons (Fsp3) is 0.200. The van der Waals surface area contributed by atoms with Crippen molar-refractivity contribution in [3.63, 3.8) is 0 Å². The van der Waals surface area contributed by atoms with Crippen LogP contribution in [0.3, 0.4) is 0 Å². The second kappa shape index (κ2) is 7.81. The first-order valence-corrected chi connectivity index (χ1v) is 7.79. The standard InChI is InChI=1S/C15H15ClN2O2S/c16-13-3-1-11(2-4-13)9-18-14(19)5-7-17-15(20)12-6-8-21-10-12/h1-4,6,8,10H,5,7,9H2,(H,17,20)(H,18,19). The molecule has 2 rings (SSSR count). The molecular formula is C15H15ClN2O2S. The van der Waals surface area contributed by atoms with Gasteiger partial charge in [-0.1, -0.05) is 23.7 Å². The summed E-state index contributed by atoms with van der Waals surface area (Å²) in [6.45, 7) is 0.773. The molecule has 0 aliphatic heterocycles. The average molecular weight is 323 g/mol. The first kappa shape index (κ1) is 15.5.